The van der Waals surface area contributed by atoms with Gasteiger partial charge in [-0.3, -0.25) is 4.98 Å². The van der Waals surface area contributed by atoms with E-state index in [9.17, 15) is 0 Å². The van der Waals surface area contributed by atoms with E-state index in [4.69, 9.17) is 10.5 Å². The highest BCUT2D eigenvalue weighted by molar-refractivity contribution is 5.49. The van der Waals surface area contributed by atoms with Crippen LogP contribution in [0, 0.1) is 0 Å². The summed E-state index contributed by atoms with van der Waals surface area (Å²) in [5, 5.41) is 0. The molecule has 1 aromatic rings. The normalized spacial score (nSPS) is 11.3. The highest BCUT2D eigenvalue weighted by Gasteiger charge is 2.17. The van der Waals surface area contributed by atoms with Crippen molar-refractivity contribution in [1.29, 1.82) is 0 Å². The summed E-state index contributed by atoms with van der Waals surface area (Å²) < 4.78 is 5.72. The molecule has 0 fully saturated rings. The summed E-state index contributed by atoms with van der Waals surface area (Å²) in [5.41, 5.74) is 6.11. The Morgan fingerprint density at radius 1 is 1.54 bits per heavy atom. The molecule has 13 heavy (non-hydrogen) atoms. The number of nitrogens with zero attached hydrogens (tertiary/aromatic N) is 1. The van der Waals surface area contributed by atoms with Gasteiger partial charge in [-0.05, 0) is 20.3 Å². The van der Waals surface area contributed by atoms with Gasteiger partial charge in [0.25, 0.3) is 0 Å². The van der Waals surface area contributed by atoms with Crippen LogP contribution < -0.4 is 10.5 Å². The minimum Gasteiger partial charge on any atom is -0.486 e. The van der Waals surface area contributed by atoms with Gasteiger partial charge in [0.05, 0.1) is 11.9 Å². The molecule has 0 amide bonds. The molecule has 0 aromatic carbocycles. The van der Waals surface area contributed by atoms with Crippen molar-refractivity contribution in [1.82, 2.24) is 4.98 Å². The summed E-state index contributed by atoms with van der Waals surface area (Å²) in [6, 6.07) is 1.78. The number of nitrogen functional groups attached to an aromatic ring is 1. The molecule has 2 N–H and O–H groups in total. The number of aromatic nitrogens is 1. The van der Waals surface area contributed by atoms with Crippen LogP contribution in [0.1, 0.15) is 27.2 Å². The fourth-order valence-electron chi connectivity index (χ4n) is 0.857. The van der Waals surface area contributed by atoms with Crippen LogP contribution in [-0.2, 0) is 0 Å². The van der Waals surface area contributed by atoms with Crippen LogP contribution in [-0.4, -0.2) is 10.6 Å². The quantitative estimate of drug-likeness (QED) is 0.776. The molecule has 0 aliphatic rings. The van der Waals surface area contributed by atoms with Crippen LogP contribution in [0.25, 0.3) is 0 Å². The first-order valence-corrected chi connectivity index (χ1v) is 4.43. The molecule has 0 spiro atoms. The molecular formula is C10H16N2O. The van der Waals surface area contributed by atoms with Gasteiger partial charge in [0, 0.05) is 12.3 Å². The minimum atomic E-state index is -0.171. The van der Waals surface area contributed by atoms with Gasteiger partial charge in [-0.15, -0.1) is 0 Å². The number of ether oxygens (including phenoxy) is 1. The molecular weight excluding hydrogens is 164 g/mol. The number of nitrogens with two attached hydrogens (primary N) is 1. The molecule has 72 valence electrons. The summed E-state index contributed by atoms with van der Waals surface area (Å²) in [6.45, 7) is 6.15. The molecule has 1 heterocycles. The average Bonchev–Trinajstić information content (AvgIpc) is 2.09. The van der Waals surface area contributed by atoms with Crippen molar-refractivity contribution in [2.24, 2.45) is 0 Å². The molecule has 0 atom stereocenters. The Labute approximate surface area is 78.9 Å². The first kappa shape index (κ1) is 9.84. The summed E-state index contributed by atoms with van der Waals surface area (Å²) in [7, 11) is 0. The maximum Gasteiger partial charge on any atom is 0.146 e. The number of hydrogen-bond acceptors (Lipinski definition) is 3. The lowest BCUT2D eigenvalue weighted by molar-refractivity contribution is 0.106. The number of hydrogen-bond donors (Lipinski definition) is 1. The van der Waals surface area contributed by atoms with Crippen LogP contribution in [0.3, 0.4) is 0 Å². The number of pyridine rings is 1. The van der Waals surface area contributed by atoms with Gasteiger partial charge in [-0.1, -0.05) is 6.92 Å². The summed E-state index contributed by atoms with van der Waals surface area (Å²) >= 11 is 0. The lowest BCUT2D eigenvalue weighted by Gasteiger charge is -2.25. The Morgan fingerprint density at radius 3 is 2.77 bits per heavy atom. The fraction of sp³-hybridized carbons (Fsp3) is 0.500. The van der Waals surface area contributed by atoms with Crippen molar-refractivity contribution in [3.05, 3.63) is 18.5 Å². The SMILES string of the molecule is CCC(C)(C)Oc1ccncc1N. The van der Waals surface area contributed by atoms with Crippen LogP contribution in [0.15, 0.2) is 18.5 Å². The molecule has 0 aliphatic carbocycles. The first-order valence-electron chi connectivity index (χ1n) is 4.43. The Bertz CT molecular complexity index is 284. The first-order chi connectivity index (χ1) is 6.05. The molecule has 1 rings (SSSR count). The molecule has 1 aromatic heterocycles. The Kier molecular flexibility index (Phi) is 2.76. The third-order valence-electron chi connectivity index (χ3n) is 2.05. The van der Waals surface area contributed by atoms with Gasteiger partial charge in [-0.2, -0.15) is 0 Å². The summed E-state index contributed by atoms with van der Waals surface area (Å²) in [4.78, 5) is 3.90. The average molecular weight is 180 g/mol. The monoisotopic (exact) mass is 180 g/mol. The molecule has 0 unspecified atom stereocenters. The van der Waals surface area contributed by atoms with Crippen LogP contribution >= 0.6 is 0 Å². The largest absolute Gasteiger partial charge is 0.486 e. The van der Waals surface area contributed by atoms with E-state index >= 15 is 0 Å². The molecule has 0 saturated carbocycles. The van der Waals surface area contributed by atoms with Gasteiger partial charge in [0.1, 0.15) is 11.4 Å². The predicted octanol–water partition coefficient (Wildman–Crippen LogP) is 2.23. The topological polar surface area (TPSA) is 48.1 Å². The van der Waals surface area contributed by atoms with Crippen LogP contribution in [0.2, 0.25) is 0 Å². The van der Waals surface area contributed by atoms with Crippen LogP contribution in [0.5, 0.6) is 5.75 Å². The van der Waals surface area contributed by atoms with Crippen molar-refractivity contribution in [2.75, 3.05) is 5.73 Å². The Balaban J connectivity index is 2.80. The van der Waals surface area contributed by atoms with E-state index in [1.165, 1.54) is 0 Å². The van der Waals surface area contributed by atoms with E-state index in [1.807, 2.05) is 13.8 Å². The number of rotatable bonds is 3. The zero-order chi connectivity index (χ0) is 9.90. The van der Waals surface area contributed by atoms with Crippen molar-refractivity contribution in [3.8, 4) is 5.75 Å². The summed E-state index contributed by atoms with van der Waals surface area (Å²) in [5.74, 6) is 0.710. The maximum atomic E-state index is 5.72. The molecule has 0 aliphatic heterocycles. The molecule has 0 saturated heterocycles. The lowest BCUT2D eigenvalue weighted by Crippen LogP contribution is -2.27. The van der Waals surface area contributed by atoms with Gasteiger partial charge in [0.15, 0.2) is 0 Å². The van der Waals surface area contributed by atoms with Gasteiger partial charge >= 0.3 is 0 Å². The fourth-order valence-corrected chi connectivity index (χ4v) is 0.857. The Hall–Kier alpha value is -1.25. The number of anilines is 1. The van der Waals surface area contributed by atoms with E-state index < -0.39 is 0 Å². The van der Waals surface area contributed by atoms with E-state index in [0.29, 0.717) is 11.4 Å². The highest BCUT2D eigenvalue weighted by Crippen LogP contribution is 2.25. The third-order valence-corrected chi connectivity index (χ3v) is 2.05. The molecule has 0 bridgehead atoms. The second-order valence-corrected chi connectivity index (χ2v) is 3.63. The minimum absolute atomic E-state index is 0.171. The van der Waals surface area contributed by atoms with Crippen LogP contribution in [0.4, 0.5) is 5.69 Å². The summed E-state index contributed by atoms with van der Waals surface area (Å²) in [6.07, 6.45) is 4.22. The second-order valence-electron chi connectivity index (χ2n) is 3.63. The molecule has 3 nitrogen and oxygen atoms in total. The van der Waals surface area contributed by atoms with E-state index in [2.05, 4.69) is 11.9 Å². The highest BCUT2D eigenvalue weighted by atomic mass is 16.5. The predicted molar refractivity (Wildman–Crippen MR) is 53.6 cm³/mol. The smallest absolute Gasteiger partial charge is 0.146 e. The maximum absolute atomic E-state index is 5.72. The zero-order valence-corrected chi connectivity index (χ0v) is 8.37. The third kappa shape index (κ3) is 2.61. The van der Waals surface area contributed by atoms with Crippen molar-refractivity contribution < 1.29 is 4.74 Å². The molecule has 0 radical (unpaired) electrons. The van der Waals surface area contributed by atoms with Crippen molar-refractivity contribution >= 4 is 5.69 Å². The van der Waals surface area contributed by atoms with Gasteiger partial charge in [-0.25, -0.2) is 0 Å². The van der Waals surface area contributed by atoms with E-state index in [-0.39, 0.29) is 5.60 Å². The standard InChI is InChI=1S/C10H16N2O/c1-4-10(2,3)13-9-5-6-12-7-8(9)11/h5-7H,4,11H2,1-3H3. The van der Waals surface area contributed by atoms with Crippen molar-refractivity contribution in [2.45, 2.75) is 32.8 Å². The van der Waals surface area contributed by atoms with E-state index in [1.54, 1.807) is 18.5 Å². The zero-order valence-electron chi connectivity index (χ0n) is 8.37. The van der Waals surface area contributed by atoms with E-state index in [0.717, 1.165) is 6.42 Å². The van der Waals surface area contributed by atoms with Crippen molar-refractivity contribution in [3.63, 3.8) is 0 Å². The second kappa shape index (κ2) is 3.64. The Morgan fingerprint density at radius 2 is 2.23 bits per heavy atom. The van der Waals surface area contributed by atoms with Gasteiger partial charge in [0.2, 0.25) is 0 Å². The lowest BCUT2D eigenvalue weighted by atomic mass is 10.1. The molecule has 3 heteroatoms. The van der Waals surface area contributed by atoms with Gasteiger partial charge < -0.3 is 10.5 Å².